The molecule has 1 fully saturated rings. The molecule has 2 aromatic carbocycles. The highest BCUT2D eigenvalue weighted by atomic mass is 32.2. The molecule has 1 spiro atoms. The van der Waals surface area contributed by atoms with Gasteiger partial charge in [0.2, 0.25) is 0 Å². The number of halogens is 2. The first-order valence-electron chi connectivity index (χ1n) is 10.2. The third-order valence-electron chi connectivity index (χ3n) is 5.56. The first-order chi connectivity index (χ1) is 16.5. The van der Waals surface area contributed by atoms with E-state index in [0.717, 1.165) is 12.1 Å². The van der Waals surface area contributed by atoms with Gasteiger partial charge in [0.1, 0.15) is 11.3 Å². The Bertz CT molecular complexity index is 1230. The van der Waals surface area contributed by atoms with Crippen molar-refractivity contribution in [3.63, 3.8) is 0 Å². The van der Waals surface area contributed by atoms with Crippen molar-refractivity contribution in [2.75, 3.05) is 25.0 Å². The van der Waals surface area contributed by atoms with Gasteiger partial charge in [-0.25, -0.2) is 28.3 Å². The Balaban J connectivity index is 1.47. The fourth-order valence-corrected chi connectivity index (χ4v) is 4.22. The van der Waals surface area contributed by atoms with Crippen LogP contribution in [0.25, 0.3) is 0 Å². The molecule has 1 saturated heterocycles. The van der Waals surface area contributed by atoms with Crippen LogP contribution in [-0.2, 0) is 16.8 Å². The summed E-state index contributed by atoms with van der Waals surface area (Å²) < 4.78 is 52.1. The average Bonchev–Trinajstić information content (AvgIpc) is 2.80. The highest BCUT2D eigenvalue weighted by Gasteiger charge is 2.54. The summed E-state index contributed by atoms with van der Waals surface area (Å²) in [7, 11) is 1.70. The molecule has 5 rings (SSSR count). The minimum absolute atomic E-state index is 0.0489. The molecule has 3 aromatic rings. The molecule has 176 valence electrons. The summed E-state index contributed by atoms with van der Waals surface area (Å²) in [5.41, 5.74) is -0.0479. The van der Waals surface area contributed by atoms with E-state index < -0.39 is 23.3 Å². The first-order valence-corrected chi connectivity index (χ1v) is 11.1. The number of fused-ring (bicyclic) bond motifs is 2. The van der Waals surface area contributed by atoms with Gasteiger partial charge in [0.25, 0.3) is 0 Å². The average molecular weight is 487 g/mol. The highest BCUT2D eigenvalue weighted by Crippen LogP contribution is 2.47. The summed E-state index contributed by atoms with van der Waals surface area (Å²) in [6.45, 7) is 0.141. The molecule has 0 unspecified atom stereocenters. The number of carbonyl (C=O) groups excluding carboxylic acids is 1. The van der Waals surface area contributed by atoms with Gasteiger partial charge in [-0.2, -0.15) is 0 Å². The van der Waals surface area contributed by atoms with Crippen LogP contribution < -0.4 is 18.9 Å². The number of anilines is 1. The number of amides is 1. The van der Waals surface area contributed by atoms with Crippen molar-refractivity contribution in [2.24, 2.45) is 0 Å². The Kier molecular flexibility index (Phi) is 5.94. The molecule has 12 heteroatoms. The number of hydrogen-bond donors (Lipinski definition) is 2. The smallest absolute Gasteiger partial charge is 0.416 e. The molecule has 34 heavy (non-hydrogen) atoms. The number of nitrogens with zero attached hydrogens (tertiary/aromatic N) is 3. The molecule has 2 N–H and O–H groups in total. The minimum atomic E-state index is -0.997. The number of rotatable bonds is 7. The van der Waals surface area contributed by atoms with Gasteiger partial charge in [-0.1, -0.05) is 12.1 Å². The van der Waals surface area contributed by atoms with Crippen LogP contribution in [0.5, 0.6) is 17.5 Å². The second-order valence-corrected chi connectivity index (χ2v) is 8.39. The standard InChI is InChI=1S/C22H19F2N5O4S/c1-25-34-28-16-5-2-4-13(19(16)24)10-29-21(30)33-17-9-18(32-20-26-6-3-7-27-20)15(23)8-14(17)22(29)11-31-12-22/h2-9,25,28H,10-12H2,1H3. The van der Waals surface area contributed by atoms with Gasteiger partial charge in [0, 0.05) is 41.7 Å². The molecular weight excluding hydrogens is 468 g/mol. The quantitative estimate of drug-likeness (QED) is 0.480. The van der Waals surface area contributed by atoms with Crippen LogP contribution in [0.3, 0.4) is 0 Å². The topological polar surface area (TPSA) is 97.8 Å². The lowest BCUT2D eigenvalue weighted by Crippen LogP contribution is -2.63. The van der Waals surface area contributed by atoms with Gasteiger partial charge in [-0.15, -0.1) is 0 Å². The number of nitrogens with one attached hydrogen (secondary N) is 2. The van der Waals surface area contributed by atoms with Gasteiger partial charge in [0.15, 0.2) is 17.4 Å². The number of hydrogen-bond acceptors (Lipinski definition) is 9. The molecule has 2 aliphatic heterocycles. The van der Waals surface area contributed by atoms with E-state index in [2.05, 4.69) is 19.4 Å². The molecule has 1 amide bonds. The molecular formula is C22H19F2N5O4S. The largest absolute Gasteiger partial charge is 0.421 e. The Labute approximate surface area is 197 Å². The summed E-state index contributed by atoms with van der Waals surface area (Å²) in [5.74, 6) is -1.24. The molecule has 3 heterocycles. The summed E-state index contributed by atoms with van der Waals surface area (Å²) in [6, 6.07) is 8.93. The molecule has 0 saturated carbocycles. The lowest BCUT2D eigenvalue weighted by Gasteiger charge is -2.51. The third kappa shape index (κ3) is 3.89. The zero-order valence-electron chi connectivity index (χ0n) is 17.9. The number of ether oxygens (including phenoxy) is 3. The van der Waals surface area contributed by atoms with E-state index in [4.69, 9.17) is 14.2 Å². The fourth-order valence-electron chi connectivity index (χ4n) is 3.85. The number of aromatic nitrogens is 2. The van der Waals surface area contributed by atoms with Crippen LogP contribution in [0.15, 0.2) is 48.8 Å². The summed E-state index contributed by atoms with van der Waals surface area (Å²) in [4.78, 5) is 22.2. The zero-order chi connectivity index (χ0) is 23.7. The second-order valence-electron chi connectivity index (χ2n) is 7.58. The molecule has 2 aliphatic rings. The van der Waals surface area contributed by atoms with E-state index in [0.29, 0.717) is 5.56 Å². The maximum absolute atomic E-state index is 15.1. The maximum atomic E-state index is 15.1. The Morgan fingerprint density at radius 3 is 2.71 bits per heavy atom. The molecule has 1 aromatic heterocycles. The molecule has 9 nitrogen and oxygen atoms in total. The van der Waals surface area contributed by atoms with E-state index >= 15 is 4.39 Å². The highest BCUT2D eigenvalue weighted by molar-refractivity contribution is 7.98. The van der Waals surface area contributed by atoms with Crippen molar-refractivity contribution in [3.8, 4) is 17.5 Å². The van der Waals surface area contributed by atoms with Crippen LogP contribution >= 0.6 is 12.1 Å². The predicted octanol–water partition coefficient (Wildman–Crippen LogP) is 3.98. The molecule has 0 atom stereocenters. The van der Waals surface area contributed by atoms with Gasteiger partial charge in [-0.05, 0) is 25.2 Å². The monoisotopic (exact) mass is 487 g/mol. The lowest BCUT2D eigenvalue weighted by molar-refractivity contribution is -0.143. The first kappa shape index (κ1) is 22.3. The van der Waals surface area contributed by atoms with Crippen molar-refractivity contribution in [1.82, 2.24) is 19.6 Å². The Morgan fingerprint density at radius 1 is 1.21 bits per heavy atom. The van der Waals surface area contributed by atoms with Crippen LogP contribution in [0, 0.1) is 11.6 Å². The van der Waals surface area contributed by atoms with Gasteiger partial charge < -0.3 is 18.9 Å². The minimum Gasteiger partial charge on any atom is -0.421 e. The van der Waals surface area contributed by atoms with Gasteiger partial charge in [0.05, 0.1) is 25.4 Å². The van der Waals surface area contributed by atoms with Crippen LogP contribution in [0.4, 0.5) is 19.3 Å². The summed E-state index contributed by atoms with van der Waals surface area (Å²) in [5, 5.41) is 0. The number of carbonyl (C=O) groups is 1. The molecule has 0 aliphatic carbocycles. The van der Waals surface area contributed by atoms with E-state index in [1.165, 1.54) is 29.4 Å². The number of benzene rings is 2. The van der Waals surface area contributed by atoms with Crippen LogP contribution in [0.1, 0.15) is 11.1 Å². The Morgan fingerprint density at radius 2 is 2.00 bits per heavy atom. The van der Waals surface area contributed by atoms with Crippen molar-refractivity contribution in [1.29, 1.82) is 0 Å². The molecule has 0 radical (unpaired) electrons. The lowest BCUT2D eigenvalue weighted by atomic mass is 9.84. The maximum Gasteiger partial charge on any atom is 0.416 e. The summed E-state index contributed by atoms with van der Waals surface area (Å²) >= 11 is 1.11. The van der Waals surface area contributed by atoms with E-state index in [-0.39, 0.29) is 48.5 Å². The van der Waals surface area contributed by atoms with Gasteiger partial charge >= 0.3 is 12.1 Å². The Hall–Kier alpha value is -3.48. The normalized spacial score (nSPS) is 16.0. The van der Waals surface area contributed by atoms with Crippen LogP contribution in [-0.4, -0.2) is 41.2 Å². The fraction of sp³-hybridized carbons (Fsp3) is 0.227. The van der Waals surface area contributed by atoms with Gasteiger partial charge in [-0.3, -0.25) is 4.90 Å². The summed E-state index contributed by atoms with van der Waals surface area (Å²) in [6.07, 6.45) is 2.21. The van der Waals surface area contributed by atoms with E-state index in [1.54, 1.807) is 31.3 Å². The van der Waals surface area contributed by atoms with Crippen molar-refractivity contribution in [2.45, 2.75) is 12.1 Å². The predicted molar refractivity (Wildman–Crippen MR) is 119 cm³/mol. The van der Waals surface area contributed by atoms with E-state index in [9.17, 15) is 9.18 Å². The van der Waals surface area contributed by atoms with Crippen LogP contribution in [0.2, 0.25) is 0 Å². The second kappa shape index (κ2) is 9.05. The van der Waals surface area contributed by atoms with E-state index in [1.807, 2.05) is 0 Å². The zero-order valence-corrected chi connectivity index (χ0v) is 18.7. The van der Waals surface area contributed by atoms with Crippen molar-refractivity contribution >= 4 is 23.9 Å². The van der Waals surface area contributed by atoms with Crippen molar-refractivity contribution < 1.29 is 27.8 Å². The SMILES string of the molecule is CNSNc1cccc(CN2C(=O)Oc3cc(Oc4ncccn4)c(F)cc3C23COC3)c1F. The molecule has 0 bridgehead atoms. The third-order valence-corrected chi connectivity index (χ3v) is 6.09. The van der Waals surface area contributed by atoms with Crippen molar-refractivity contribution in [3.05, 3.63) is 71.6 Å².